The summed E-state index contributed by atoms with van der Waals surface area (Å²) in [6, 6.07) is 0. The lowest BCUT2D eigenvalue weighted by molar-refractivity contribution is 1.04. The fourth-order valence-corrected chi connectivity index (χ4v) is 1.25. The lowest BCUT2D eigenvalue weighted by Crippen LogP contribution is -2.01. The molecule has 0 fully saturated rings. The van der Waals surface area contributed by atoms with Crippen molar-refractivity contribution in [3.05, 3.63) is 24.0 Å². The van der Waals surface area contributed by atoms with Crippen molar-refractivity contribution in [1.82, 2.24) is 9.97 Å². The number of thioether (sulfide) groups is 1. The molecule has 1 heterocycles. The molecule has 0 aliphatic rings. The molecule has 0 aliphatic heterocycles. The number of nitrogens with one attached hydrogen (secondary N) is 1. The average molecular weight is 209 g/mol. The lowest BCUT2D eigenvalue weighted by atomic mass is 10.3. The first-order chi connectivity index (χ1) is 6.72. The molecule has 1 N–H and O–H groups in total. The van der Waals surface area contributed by atoms with Crippen LogP contribution in [0.4, 0.5) is 5.82 Å². The molecule has 0 aliphatic carbocycles. The third-order valence-electron chi connectivity index (χ3n) is 1.62. The quantitative estimate of drug-likeness (QED) is 0.611. The van der Waals surface area contributed by atoms with Crippen LogP contribution in [0.15, 0.2) is 29.1 Å². The van der Waals surface area contributed by atoms with Gasteiger partial charge in [-0.05, 0) is 20.1 Å². The normalized spacial score (nSPS) is 9.64. The fraction of sp³-hybridized carbons (Fsp3) is 0.400. The van der Waals surface area contributed by atoms with Gasteiger partial charge in [0.15, 0.2) is 0 Å². The Morgan fingerprint density at radius 3 is 2.93 bits per heavy atom. The SMILES string of the molecule is CSc1cncc(NCC=C(C)C)n1. The molecule has 0 aromatic carbocycles. The molecule has 0 amide bonds. The topological polar surface area (TPSA) is 37.8 Å². The zero-order valence-electron chi connectivity index (χ0n) is 8.74. The fourth-order valence-electron chi connectivity index (χ4n) is 0.891. The standard InChI is InChI=1S/C10H15N3S/c1-8(2)4-5-12-9-6-11-7-10(13-9)14-3/h4,6-7H,5H2,1-3H3,(H,12,13). The highest BCUT2D eigenvalue weighted by atomic mass is 32.2. The Kier molecular flexibility index (Phi) is 4.46. The van der Waals surface area contributed by atoms with E-state index >= 15 is 0 Å². The van der Waals surface area contributed by atoms with Crippen LogP contribution >= 0.6 is 11.8 Å². The van der Waals surface area contributed by atoms with E-state index in [2.05, 4.69) is 35.2 Å². The summed E-state index contributed by atoms with van der Waals surface area (Å²) in [6.07, 6.45) is 7.60. The van der Waals surface area contributed by atoms with E-state index in [-0.39, 0.29) is 0 Å². The Bertz CT molecular complexity index is 319. The molecular formula is C10H15N3S. The summed E-state index contributed by atoms with van der Waals surface area (Å²) in [5.41, 5.74) is 1.30. The third-order valence-corrected chi connectivity index (χ3v) is 2.23. The second kappa shape index (κ2) is 5.65. The molecule has 76 valence electrons. The van der Waals surface area contributed by atoms with Crippen molar-refractivity contribution < 1.29 is 0 Å². The molecule has 14 heavy (non-hydrogen) atoms. The molecule has 0 saturated heterocycles. The molecule has 0 spiro atoms. The second-order valence-electron chi connectivity index (χ2n) is 3.11. The molecule has 0 radical (unpaired) electrons. The van der Waals surface area contributed by atoms with Crippen molar-refractivity contribution in [2.24, 2.45) is 0 Å². The Morgan fingerprint density at radius 2 is 2.29 bits per heavy atom. The maximum absolute atomic E-state index is 4.35. The summed E-state index contributed by atoms with van der Waals surface area (Å²) in [5.74, 6) is 0.828. The highest BCUT2D eigenvalue weighted by Gasteiger charge is 1.95. The number of anilines is 1. The summed E-state index contributed by atoms with van der Waals surface area (Å²) in [6.45, 7) is 4.95. The molecule has 0 saturated carbocycles. The van der Waals surface area contributed by atoms with E-state index in [4.69, 9.17) is 0 Å². The summed E-state index contributed by atoms with van der Waals surface area (Å²) in [5, 5.41) is 4.12. The van der Waals surface area contributed by atoms with Gasteiger partial charge in [-0.25, -0.2) is 4.98 Å². The van der Waals surface area contributed by atoms with E-state index in [0.29, 0.717) is 0 Å². The van der Waals surface area contributed by atoms with Gasteiger partial charge in [-0.2, -0.15) is 0 Å². The Hall–Kier alpha value is -1.03. The van der Waals surface area contributed by atoms with E-state index in [1.165, 1.54) is 5.57 Å². The number of allylic oxidation sites excluding steroid dienone is 1. The van der Waals surface area contributed by atoms with Crippen LogP contribution in [0, 0.1) is 0 Å². The molecule has 1 rings (SSSR count). The van der Waals surface area contributed by atoms with Crippen molar-refractivity contribution in [3.8, 4) is 0 Å². The Morgan fingerprint density at radius 1 is 1.50 bits per heavy atom. The van der Waals surface area contributed by atoms with Crippen molar-refractivity contribution in [1.29, 1.82) is 0 Å². The van der Waals surface area contributed by atoms with Gasteiger partial charge in [-0.3, -0.25) is 4.98 Å². The van der Waals surface area contributed by atoms with Gasteiger partial charge in [0.25, 0.3) is 0 Å². The minimum atomic E-state index is 0.800. The first-order valence-electron chi connectivity index (χ1n) is 4.45. The summed E-state index contributed by atoms with van der Waals surface area (Å²) in [7, 11) is 0. The summed E-state index contributed by atoms with van der Waals surface area (Å²) in [4.78, 5) is 8.43. The number of nitrogens with zero attached hydrogens (tertiary/aromatic N) is 2. The molecule has 1 aromatic heterocycles. The van der Waals surface area contributed by atoms with E-state index in [1.54, 1.807) is 24.2 Å². The molecular weight excluding hydrogens is 194 g/mol. The third kappa shape index (κ3) is 3.79. The van der Waals surface area contributed by atoms with Crippen LogP contribution in [0.25, 0.3) is 0 Å². The predicted octanol–water partition coefficient (Wildman–Crippen LogP) is 2.58. The predicted molar refractivity (Wildman–Crippen MR) is 61.7 cm³/mol. The van der Waals surface area contributed by atoms with Gasteiger partial charge in [0.1, 0.15) is 10.8 Å². The zero-order chi connectivity index (χ0) is 10.4. The van der Waals surface area contributed by atoms with Gasteiger partial charge in [-0.1, -0.05) is 11.6 Å². The van der Waals surface area contributed by atoms with Crippen LogP contribution in [-0.2, 0) is 0 Å². The molecule has 1 aromatic rings. The van der Waals surface area contributed by atoms with Gasteiger partial charge in [-0.15, -0.1) is 11.8 Å². The van der Waals surface area contributed by atoms with E-state index in [0.717, 1.165) is 17.4 Å². The highest BCUT2D eigenvalue weighted by molar-refractivity contribution is 7.98. The number of hydrogen-bond donors (Lipinski definition) is 1. The van der Waals surface area contributed by atoms with Crippen LogP contribution < -0.4 is 5.32 Å². The van der Waals surface area contributed by atoms with Crippen LogP contribution in [0.2, 0.25) is 0 Å². The number of aromatic nitrogens is 2. The van der Waals surface area contributed by atoms with Gasteiger partial charge in [0.05, 0.1) is 12.4 Å². The lowest BCUT2D eigenvalue weighted by Gasteiger charge is -2.03. The summed E-state index contributed by atoms with van der Waals surface area (Å²) >= 11 is 1.59. The highest BCUT2D eigenvalue weighted by Crippen LogP contribution is 2.11. The van der Waals surface area contributed by atoms with Crippen molar-refractivity contribution in [3.63, 3.8) is 0 Å². The Labute approximate surface area is 89.0 Å². The van der Waals surface area contributed by atoms with E-state index in [1.807, 2.05) is 6.26 Å². The van der Waals surface area contributed by atoms with Crippen molar-refractivity contribution in [2.45, 2.75) is 18.9 Å². The molecule has 4 heteroatoms. The van der Waals surface area contributed by atoms with Gasteiger partial charge in [0.2, 0.25) is 0 Å². The average Bonchev–Trinajstić information content (AvgIpc) is 2.18. The maximum atomic E-state index is 4.35. The van der Waals surface area contributed by atoms with E-state index in [9.17, 15) is 0 Å². The smallest absolute Gasteiger partial charge is 0.146 e. The molecule has 0 unspecified atom stereocenters. The first kappa shape index (κ1) is 11.0. The zero-order valence-corrected chi connectivity index (χ0v) is 9.56. The molecule has 3 nitrogen and oxygen atoms in total. The molecule has 0 bridgehead atoms. The van der Waals surface area contributed by atoms with Crippen molar-refractivity contribution in [2.75, 3.05) is 18.1 Å². The monoisotopic (exact) mass is 209 g/mol. The van der Waals surface area contributed by atoms with Crippen LogP contribution in [-0.4, -0.2) is 22.8 Å². The van der Waals surface area contributed by atoms with E-state index < -0.39 is 0 Å². The largest absolute Gasteiger partial charge is 0.365 e. The van der Waals surface area contributed by atoms with Crippen molar-refractivity contribution >= 4 is 17.6 Å². The second-order valence-corrected chi connectivity index (χ2v) is 3.94. The molecule has 0 atom stereocenters. The van der Waals surface area contributed by atoms with Gasteiger partial charge >= 0.3 is 0 Å². The Balaban J connectivity index is 2.54. The van der Waals surface area contributed by atoms with Gasteiger partial charge < -0.3 is 5.32 Å². The minimum Gasteiger partial charge on any atom is -0.365 e. The number of rotatable bonds is 4. The maximum Gasteiger partial charge on any atom is 0.146 e. The summed E-state index contributed by atoms with van der Waals surface area (Å²) < 4.78 is 0. The number of hydrogen-bond acceptors (Lipinski definition) is 4. The minimum absolute atomic E-state index is 0.800. The van der Waals surface area contributed by atoms with Crippen LogP contribution in [0.3, 0.4) is 0 Å². The van der Waals surface area contributed by atoms with Crippen LogP contribution in [0.5, 0.6) is 0 Å². The first-order valence-corrected chi connectivity index (χ1v) is 5.68. The van der Waals surface area contributed by atoms with Crippen LogP contribution in [0.1, 0.15) is 13.8 Å². The van der Waals surface area contributed by atoms with Gasteiger partial charge in [0, 0.05) is 6.54 Å².